The number of aromatic nitrogens is 3. The van der Waals surface area contributed by atoms with Crippen LogP contribution in [-0.4, -0.2) is 62.8 Å². The minimum atomic E-state index is -0.500. The molecule has 5 aromatic rings. The number of aliphatic hydroxyl groups is 1. The van der Waals surface area contributed by atoms with Crippen molar-refractivity contribution >= 4 is 66.8 Å². The maximum absolute atomic E-state index is 13.8. The summed E-state index contributed by atoms with van der Waals surface area (Å²) < 4.78 is 7.97. The lowest BCUT2D eigenvalue weighted by Gasteiger charge is -2.24. The SMILES string of the molecule is CC(C)(C)O.CCOC(=O)Cc1c(C)cc2nc(N3CCN=C(c4ccc5c(cnn5C)c4)C3=O)sc2c1-c1ccc(Cl)cc1. The lowest BCUT2D eigenvalue weighted by Crippen LogP contribution is -2.42. The molecule has 0 atom stereocenters. The monoisotopic (exact) mass is 645 g/mol. The Morgan fingerprint density at radius 2 is 1.80 bits per heavy atom. The van der Waals surface area contributed by atoms with Gasteiger partial charge in [0.05, 0.1) is 47.1 Å². The molecule has 0 aliphatic carbocycles. The van der Waals surface area contributed by atoms with Gasteiger partial charge in [0.2, 0.25) is 0 Å². The number of rotatable bonds is 6. The van der Waals surface area contributed by atoms with Gasteiger partial charge < -0.3 is 9.84 Å². The molecule has 1 aliphatic rings. The topological polar surface area (TPSA) is 110 Å². The zero-order valence-corrected chi connectivity index (χ0v) is 27.8. The quantitative estimate of drug-likeness (QED) is 0.210. The molecule has 0 saturated heterocycles. The van der Waals surface area contributed by atoms with Crippen LogP contribution in [0.4, 0.5) is 5.13 Å². The molecule has 2 aromatic heterocycles. The molecule has 11 heteroatoms. The Balaban J connectivity index is 0.000000743. The van der Waals surface area contributed by atoms with Crippen LogP contribution < -0.4 is 4.90 Å². The highest BCUT2D eigenvalue weighted by molar-refractivity contribution is 7.23. The summed E-state index contributed by atoms with van der Waals surface area (Å²) in [4.78, 5) is 37.5. The Bertz CT molecular complexity index is 1920. The molecule has 0 fully saturated rings. The Morgan fingerprint density at radius 3 is 2.49 bits per heavy atom. The standard InChI is InChI=1S/C30H26ClN5O3S.C4H10O/c1-4-39-25(37)15-22-17(2)13-23-28(26(22)18-5-8-21(31)9-6-18)40-30(34-23)36-12-11-32-27(29(36)38)19-7-10-24-20(14-19)16-33-35(24)3;1-4(2,3)5/h5-10,13-14,16H,4,11-12,15H2,1-3H3;5H,1-3H3. The molecule has 1 aliphatic heterocycles. The summed E-state index contributed by atoms with van der Waals surface area (Å²) in [5, 5.41) is 15.0. The van der Waals surface area contributed by atoms with Gasteiger partial charge in [0, 0.05) is 35.1 Å². The van der Waals surface area contributed by atoms with Gasteiger partial charge in [-0.05, 0) is 81.6 Å². The number of thiazole rings is 1. The molecule has 9 nitrogen and oxygen atoms in total. The molecule has 1 N–H and O–H groups in total. The third-order valence-corrected chi connectivity index (χ3v) is 8.41. The number of hydrogen-bond acceptors (Lipinski definition) is 8. The summed E-state index contributed by atoms with van der Waals surface area (Å²) in [6, 6.07) is 15.3. The second kappa shape index (κ2) is 13.1. The molecule has 0 saturated carbocycles. The molecule has 3 heterocycles. The molecule has 1 amide bonds. The highest BCUT2D eigenvalue weighted by Gasteiger charge is 2.29. The molecule has 0 spiro atoms. The van der Waals surface area contributed by atoms with Crippen LogP contribution in [0.5, 0.6) is 0 Å². The summed E-state index contributed by atoms with van der Waals surface area (Å²) in [5.41, 5.74) is 6.05. The fourth-order valence-electron chi connectivity index (χ4n) is 5.11. The van der Waals surface area contributed by atoms with E-state index in [4.69, 9.17) is 26.4 Å². The lowest BCUT2D eigenvalue weighted by atomic mass is 9.93. The van der Waals surface area contributed by atoms with Gasteiger partial charge in [-0.3, -0.25) is 24.2 Å². The maximum Gasteiger partial charge on any atom is 0.310 e. The van der Waals surface area contributed by atoms with E-state index in [2.05, 4.69) is 10.1 Å². The summed E-state index contributed by atoms with van der Waals surface area (Å²) in [7, 11) is 1.89. The summed E-state index contributed by atoms with van der Waals surface area (Å²) in [5.74, 6) is -0.479. The van der Waals surface area contributed by atoms with E-state index in [1.54, 1.807) is 43.5 Å². The van der Waals surface area contributed by atoms with E-state index in [0.29, 0.717) is 35.6 Å². The van der Waals surface area contributed by atoms with Crippen molar-refractivity contribution in [1.29, 1.82) is 0 Å². The molecule has 45 heavy (non-hydrogen) atoms. The smallest absolute Gasteiger partial charge is 0.310 e. The molecule has 0 bridgehead atoms. The fourth-order valence-corrected chi connectivity index (χ4v) is 6.40. The van der Waals surface area contributed by atoms with E-state index in [-0.39, 0.29) is 18.3 Å². The van der Waals surface area contributed by atoms with Crippen molar-refractivity contribution in [1.82, 2.24) is 14.8 Å². The highest BCUT2D eigenvalue weighted by Crippen LogP contribution is 2.41. The summed E-state index contributed by atoms with van der Waals surface area (Å²) >= 11 is 7.63. The van der Waals surface area contributed by atoms with E-state index in [0.717, 1.165) is 48.9 Å². The first kappa shape index (κ1) is 32.3. The van der Waals surface area contributed by atoms with Crippen molar-refractivity contribution in [3.8, 4) is 11.1 Å². The summed E-state index contributed by atoms with van der Waals surface area (Å²) in [6.45, 7) is 10.2. The number of carbonyl (C=O) groups excluding carboxylic acids is 2. The number of benzene rings is 3. The van der Waals surface area contributed by atoms with Crippen molar-refractivity contribution in [2.45, 2.75) is 46.6 Å². The first-order valence-corrected chi connectivity index (χ1v) is 15.9. The Hall–Kier alpha value is -4.12. The minimum Gasteiger partial charge on any atom is -0.466 e. The van der Waals surface area contributed by atoms with Gasteiger partial charge >= 0.3 is 5.97 Å². The third kappa shape index (κ3) is 7.24. The molecular weight excluding hydrogens is 610 g/mol. The van der Waals surface area contributed by atoms with Crippen molar-refractivity contribution in [3.05, 3.63) is 76.4 Å². The van der Waals surface area contributed by atoms with Gasteiger partial charge in [0.15, 0.2) is 5.13 Å². The van der Waals surface area contributed by atoms with E-state index in [9.17, 15) is 9.59 Å². The maximum atomic E-state index is 13.8. The van der Waals surface area contributed by atoms with Crippen LogP contribution >= 0.6 is 22.9 Å². The Labute approximate surface area is 271 Å². The first-order chi connectivity index (χ1) is 21.3. The normalized spacial score (nSPS) is 13.6. The van der Waals surface area contributed by atoms with Crippen molar-refractivity contribution in [3.63, 3.8) is 0 Å². The average molecular weight is 646 g/mol. The van der Waals surface area contributed by atoms with Crippen molar-refractivity contribution in [2.24, 2.45) is 12.0 Å². The van der Waals surface area contributed by atoms with E-state index in [1.165, 1.54) is 11.3 Å². The fraction of sp³-hybridized carbons (Fsp3) is 0.324. The molecule has 6 rings (SSSR count). The van der Waals surface area contributed by atoms with Gasteiger partial charge in [-0.1, -0.05) is 41.1 Å². The van der Waals surface area contributed by atoms with Crippen molar-refractivity contribution in [2.75, 3.05) is 24.6 Å². The Kier molecular flexibility index (Phi) is 9.38. The number of anilines is 1. The van der Waals surface area contributed by atoms with Crippen LogP contribution in [-0.2, 0) is 27.8 Å². The molecule has 0 unspecified atom stereocenters. The number of hydrogen-bond donors (Lipinski definition) is 1. The molecule has 0 radical (unpaired) electrons. The number of aryl methyl sites for hydroxylation is 2. The highest BCUT2D eigenvalue weighted by atomic mass is 35.5. The molecular formula is C34H36ClN5O4S. The van der Waals surface area contributed by atoms with E-state index < -0.39 is 5.60 Å². The third-order valence-electron chi connectivity index (χ3n) is 7.05. The minimum absolute atomic E-state index is 0.136. The number of amides is 1. The summed E-state index contributed by atoms with van der Waals surface area (Å²) in [6.07, 6.45) is 1.92. The van der Waals surface area contributed by atoms with E-state index in [1.807, 2.05) is 62.5 Å². The van der Waals surface area contributed by atoms with Gasteiger partial charge in [-0.15, -0.1) is 0 Å². The van der Waals surface area contributed by atoms with Crippen LogP contribution in [0.15, 0.2) is 59.7 Å². The molecule has 234 valence electrons. The molecule has 3 aromatic carbocycles. The number of esters is 1. The second-order valence-corrected chi connectivity index (χ2v) is 13.2. The zero-order valence-electron chi connectivity index (χ0n) is 26.2. The van der Waals surface area contributed by atoms with Crippen molar-refractivity contribution < 1.29 is 19.4 Å². The van der Waals surface area contributed by atoms with Crippen LogP contribution in [0, 0.1) is 6.92 Å². The van der Waals surface area contributed by atoms with E-state index >= 15 is 0 Å². The van der Waals surface area contributed by atoms with Gasteiger partial charge in [-0.2, -0.15) is 5.10 Å². The lowest BCUT2D eigenvalue weighted by molar-refractivity contribution is -0.142. The predicted molar refractivity (Wildman–Crippen MR) is 182 cm³/mol. The van der Waals surface area contributed by atoms with Crippen LogP contribution in [0.3, 0.4) is 0 Å². The number of fused-ring (bicyclic) bond motifs is 2. The van der Waals surface area contributed by atoms with Crippen LogP contribution in [0.2, 0.25) is 5.02 Å². The number of aliphatic imine (C=N–C) groups is 1. The largest absolute Gasteiger partial charge is 0.466 e. The first-order valence-electron chi connectivity index (χ1n) is 14.7. The number of halogens is 1. The van der Waals surface area contributed by atoms with Crippen LogP contribution in [0.25, 0.3) is 32.2 Å². The van der Waals surface area contributed by atoms with Gasteiger partial charge in [0.25, 0.3) is 5.91 Å². The second-order valence-electron chi connectivity index (χ2n) is 11.8. The number of carbonyl (C=O) groups is 2. The van der Waals surface area contributed by atoms with Gasteiger partial charge in [-0.25, -0.2) is 4.98 Å². The zero-order chi connectivity index (χ0) is 32.5. The average Bonchev–Trinajstić information content (AvgIpc) is 3.56. The Morgan fingerprint density at radius 1 is 1.11 bits per heavy atom. The number of nitrogens with zero attached hydrogens (tertiary/aromatic N) is 5. The predicted octanol–water partition coefficient (Wildman–Crippen LogP) is 6.53. The van der Waals surface area contributed by atoms with Gasteiger partial charge in [0.1, 0.15) is 5.71 Å². The number of ether oxygens (including phenoxy) is 1. The van der Waals surface area contributed by atoms with Crippen LogP contribution in [0.1, 0.15) is 44.4 Å².